The van der Waals surface area contributed by atoms with E-state index in [-0.39, 0.29) is 6.54 Å². The maximum absolute atomic E-state index is 10.8. The van der Waals surface area contributed by atoms with E-state index in [0.29, 0.717) is 10.6 Å². The van der Waals surface area contributed by atoms with Gasteiger partial charge in [0.05, 0.1) is 5.92 Å². The van der Waals surface area contributed by atoms with E-state index in [1.165, 1.54) is 0 Å². The minimum Gasteiger partial charge on any atom is -0.481 e. The molecular formula is C10H12ClNO2. The quantitative estimate of drug-likeness (QED) is 0.805. The lowest BCUT2D eigenvalue weighted by molar-refractivity contribution is -0.138. The molecule has 0 aliphatic heterocycles. The van der Waals surface area contributed by atoms with Crippen LogP contribution in [-0.2, 0) is 4.79 Å². The summed E-state index contributed by atoms with van der Waals surface area (Å²) in [5.74, 6) is -1.67. The van der Waals surface area contributed by atoms with E-state index >= 15 is 0 Å². The summed E-state index contributed by atoms with van der Waals surface area (Å²) >= 11 is 5.93. The SMILES string of the molecule is Cc1ccc(C(CN)C(=O)O)c(Cl)c1. The van der Waals surface area contributed by atoms with Crippen LogP contribution < -0.4 is 5.73 Å². The highest BCUT2D eigenvalue weighted by atomic mass is 35.5. The molecule has 0 fully saturated rings. The predicted molar refractivity (Wildman–Crippen MR) is 55.6 cm³/mol. The number of halogens is 1. The van der Waals surface area contributed by atoms with Crippen molar-refractivity contribution in [3.8, 4) is 0 Å². The fourth-order valence-electron chi connectivity index (χ4n) is 1.28. The molecule has 3 N–H and O–H groups in total. The molecule has 76 valence electrons. The van der Waals surface area contributed by atoms with E-state index in [0.717, 1.165) is 5.56 Å². The van der Waals surface area contributed by atoms with Gasteiger partial charge in [0.1, 0.15) is 0 Å². The zero-order valence-corrected chi connectivity index (χ0v) is 8.58. The van der Waals surface area contributed by atoms with Gasteiger partial charge in [-0.05, 0) is 24.1 Å². The minimum atomic E-state index is -0.946. The molecule has 1 rings (SSSR count). The van der Waals surface area contributed by atoms with Crippen molar-refractivity contribution < 1.29 is 9.90 Å². The Labute approximate surface area is 87.5 Å². The number of rotatable bonds is 3. The molecule has 1 aromatic carbocycles. The van der Waals surface area contributed by atoms with Gasteiger partial charge in [-0.3, -0.25) is 4.79 Å². The molecule has 1 aromatic rings. The Morgan fingerprint density at radius 1 is 1.64 bits per heavy atom. The maximum atomic E-state index is 10.8. The molecule has 0 saturated heterocycles. The number of hydrogen-bond acceptors (Lipinski definition) is 2. The number of aliphatic carboxylic acids is 1. The third-order valence-electron chi connectivity index (χ3n) is 2.07. The zero-order chi connectivity index (χ0) is 10.7. The summed E-state index contributed by atoms with van der Waals surface area (Å²) in [5, 5.41) is 9.34. The molecule has 0 aliphatic rings. The summed E-state index contributed by atoms with van der Waals surface area (Å²) in [4.78, 5) is 10.8. The molecule has 0 aromatic heterocycles. The number of carboxylic acid groups (broad SMARTS) is 1. The summed E-state index contributed by atoms with van der Waals surface area (Å²) in [5.41, 5.74) is 6.95. The topological polar surface area (TPSA) is 63.3 Å². The van der Waals surface area contributed by atoms with Gasteiger partial charge in [0.25, 0.3) is 0 Å². The predicted octanol–water partition coefficient (Wildman–Crippen LogP) is 1.78. The monoisotopic (exact) mass is 213 g/mol. The Balaban J connectivity index is 3.10. The normalized spacial score (nSPS) is 12.5. The van der Waals surface area contributed by atoms with Gasteiger partial charge >= 0.3 is 5.97 Å². The summed E-state index contributed by atoms with van der Waals surface area (Å²) in [6.07, 6.45) is 0. The van der Waals surface area contributed by atoms with E-state index in [4.69, 9.17) is 22.4 Å². The smallest absolute Gasteiger partial charge is 0.312 e. The minimum absolute atomic E-state index is 0.0537. The Hall–Kier alpha value is -1.06. The van der Waals surface area contributed by atoms with E-state index < -0.39 is 11.9 Å². The van der Waals surface area contributed by atoms with Crippen molar-refractivity contribution in [3.05, 3.63) is 34.3 Å². The van der Waals surface area contributed by atoms with Crippen LogP contribution in [0.5, 0.6) is 0 Å². The van der Waals surface area contributed by atoms with E-state index in [1.807, 2.05) is 13.0 Å². The fraction of sp³-hybridized carbons (Fsp3) is 0.300. The van der Waals surface area contributed by atoms with Gasteiger partial charge in [0.15, 0.2) is 0 Å². The molecule has 0 aliphatic carbocycles. The van der Waals surface area contributed by atoms with Gasteiger partial charge in [0.2, 0.25) is 0 Å². The van der Waals surface area contributed by atoms with Crippen LogP contribution in [0.25, 0.3) is 0 Å². The van der Waals surface area contributed by atoms with E-state index in [1.54, 1.807) is 12.1 Å². The van der Waals surface area contributed by atoms with Gasteiger partial charge in [-0.25, -0.2) is 0 Å². The largest absolute Gasteiger partial charge is 0.481 e. The molecule has 4 heteroatoms. The van der Waals surface area contributed by atoms with Crippen molar-refractivity contribution in [3.63, 3.8) is 0 Å². The van der Waals surface area contributed by atoms with Gasteiger partial charge in [-0.2, -0.15) is 0 Å². The molecule has 0 spiro atoms. The van der Waals surface area contributed by atoms with Crippen LogP contribution in [0.4, 0.5) is 0 Å². The van der Waals surface area contributed by atoms with Crippen LogP contribution in [0.3, 0.4) is 0 Å². The first-order chi connectivity index (χ1) is 6.56. The lowest BCUT2D eigenvalue weighted by Gasteiger charge is -2.12. The van der Waals surface area contributed by atoms with Crippen LogP contribution in [0.15, 0.2) is 18.2 Å². The Bertz CT molecular complexity index is 352. The van der Waals surface area contributed by atoms with Crippen molar-refractivity contribution in [1.29, 1.82) is 0 Å². The molecule has 0 radical (unpaired) electrons. The van der Waals surface area contributed by atoms with Crippen LogP contribution in [0.1, 0.15) is 17.0 Å². The molecule has 14 heavy (non-hydrogen) atoms. The van der Waals surface area contributed by atoms with Crippen molar-refractivity contribution >= 4 is 17.6 Å². The number of hydrogen-bond donors (Lipinski definition) is 2. The summed E-state index contributed by atoms with van der Waals surface area (Å²) in [6, 6.07) is 5.28. The van der Waals surface area contributed by atoms with E-state index in [9.17, 15) is 4.79 Å². The number of aryl methyl sites for hydroxylation is 1. The van der Waals surface area contributed by atoms with E-state index in [2.05, 4.69) is 0 Å². The second-order valence-corrected chi connectivity index (χ2v) is 3.56. The number of carboxylic acids is 1. The van der Waals surface area contributed by atoms with Gasteiger partial charge in [-0.15, -0.1) is 0 Å². The zero-order valence-electron chi connectivity index (χ0n) is 7.83. The van der Waals surface area contributed by atoms with Crippen molar-refractivity contribution in [2.24, 2.45) is 5.73 Å². The highest BCUT2D eigenvalue weighted by Crippen LogP contribution is 2.25. The third kappa shape index (κ3) is 2.25. The first kappa shape index (κ1) is 11.0. The molecular weight excluding hydrogens is 202 g/mol. The maximum Gasteiger partial charge on any atom is 0.312 e. The lowest BCUT2D eigenvalue weighted by atomic mass is 9.98. The summed E-state index contributed by atoms with van der Waals surface area (Å²) in [6.45, 7) is 1.95. The van der Waals surface area contributed by atoms with Gasteiger partial charge in [0, 0.05) is 11.6 Å². The molecule has 0 bridgehead atoms. The fourth-order valence-corrected chi connectivity index (χ4v) is 1.64. The first-order valence-corrected chi connectivity index (χ1v) is 4.63. The first-order valence-electron chi connectivity index (χ1n) is 4.25. The summed E-state index contributed by atoms with van der Waals surface area (Å²) < 4.78 is 0. The van der Waals surface area contributed by atoms with Crippen LogP contribution in [-0.4, -0.2) is 17.6 Å². The number of benzene rings is 1. The van der Waals surface area contributed by atoms with Crippen molar-refractivity contribution in [2.75, 3.05) is 6.54 Å². The second-order valence-electron chi connectivity index (χ2n) is 3.15. The standard InChI is InChI=1S/C10H12ClNO2/c1-6-2-3-7(9(11)4-6)8(5-12)10(13)14/h2-4,8H,5,12H2,1H3,(H,13,14). The molecule has 0 heterocycles. The highest BCUT2D eigenvalue weighted by molar-refractivity contribution is 6.31. The molecule has 0 amide bonds. The van der Waals surface area contributed by atoms with Crippen molar-refractivity contribution in [1.82, 2.24) is 0 Å². The Morgan fingerprint density at radius 2 is 2.29 bits per heavy atom. The Kier molecular flexibility index (Phi) is 3.49. The third-order valence-corrected chi connectivity index (χ3v) is 2.39. The van der Waals surface area contributed by atoms with Crippen LogP contribution in [0.2, 0.25) is 5.02 Å². The van der Waals surface area contributed by atoms with Crippen molar-refractivity contribution in [2.45, 2.75) is 12.8 Å². The van der Waals surface area contributed by atoms with Crippen LogP contribution >= 0.6 is 11.6 Å². The van der Waals surface area contributed by atoms with Gasteiger partial charge in [-0.1, -0.05) is 23.7 Å². The Morgan fingerprint density at radius 3 is 2.71 bits per heavy atom. The molecule has 3 nitrogen and oxygen atoms in total. The highest BCUT2D eigenvalue weighted by Gasteiger charge is 2.20. The average molecular weight is 214 g/mol. The number of nitrogens with two attached hydrogens (primary N) is 1. The molecule has 1 unspecified atom stereocenters. The average Bonchev–Trinajstić information content (AvgIpc) is 2.09. The van der Waals surface area contributed by atoms with Gasteiger partial charge < -0.3 is 10.8 Å². The molecule has 0 saturated carbocycles. The molecule has 1 atom stereocenters. The summed E-state index contributed by atoms with van der Waals surface area (Å²) in [7, 11) is 0. The lowest BCUT2D eigenvalue weighted by Crippen LogP contribution is -2.21. The van der Waals surface area contributed by atoms with Crippen LogP contribution in [0, 0.1) is 6.92 Å². The number of carbonyl (C=O) groups is 1. The second kappa shape index (κ2) is 4.44.